The highest BCUT2D eigenvalue weighted by atomic mass is 79.9. The summed E-state index contributed by atoms with van der Waals surface area (Å²) in [4.78, 5) is 23.4. The van der Waals surface area contributed by atoms with E-state index in [4.69, 9.17) is 0 Å². The molecule has 1 fully saturated rings. The van der Waals surface area contributed by atoms with Crippen molar-refractivity contribution in [3.05, 3.63) is 29.8 Å². The molecular weight excluding hydrogens is 330 g/mol. The van der Waals surface area contributed by atoms with E-state index in [2.05, 4.69) is 21.2 Å². The molecule has 1 aliphatic carbocycles. The molecule has 114 valence electrons. The molecule has 1 aromatic rings. The van der Waals surface area contributed by atoms with Crippen molar-refractivity contribution in [3.63, 3.8) is 0 Å². The molecule has 0 saturated heterocycles. The predicted molar refractivity (Wildman–Crippen MR) is 89.0 cm³/mol. The number of carbonyl (C=O) groups is 2. The zero-order valence-electron chi connectivity index (χ0n) is 12.2. The normalized spacial score (nSPS) is 15.7. The van der Waals surface area contributed by atoms with Gasteiger partial charge in [0.2, 0.25) is 5.91 Å². The monoisotopic (exact) mass is 351 g/mol. The van der Waals surface area contributed by atoms with Crippen molar-refractivity contribution in [3.8, 4) is 0 Å². The molecule has 0 spiro atoms. The average molecular weight is 352 g/mol. The van der Waals surface area contributed by atoms with E-state index in [1.165, 1.54) is 32.1 Å². The fourth-order valence-corrected chi connectivity index (χ4v) is 3.17. The first-order valence-electron chi connectivity index (χ1n) is 7.68. The van der Waals surface area contributed by atoms with Gasteiger partial charge in [-0.25, -0.2) is 0 Å². The van der Waals surface area contributed by atoms with Crippen LogP contribution in [0.15, 0.2) is 24.3 Å². The summed E-state index contributed by atoms with van der Waals surface area (Å²) in [7, 11) is 0. The van der Waals surface area contributed by atoms with Gasteiger partial charge in [0, 0.05) is 17.7 Å². The minimum absolute atomic E-state index is 0.0465. The molecule has 0 atom stereocenters. The molecular formula is C17H22BrNO2. The zero-order chi connectivity index (χ0) is 15.1. The Balaban J connectivity index is 1.77. The van der Waals surface area contributed by atoms with Crippen LogP contribution in [0.25, 0.3) is 0 Å². The molecule has 21 heavy (non-hydrogen) atoms. The fourth-order valence-electron chi connectivity index (χ4n) is 2.85. The molecule has 1 aromatic carbocycles. The third-order valence-electron chi connectivity index (χ3n) is 4.12. The van der Waals surface area contributed by atoms with Crippen molar-refractivity contribution >= 4 is 33.3 Å². The number of carbonyl (C=O) groups excluding carboxylic acids is 2. The highest BCUT2D eigenvalue weighted by Crippen LogP contribution is 2.27. The van der Waals surface area contributed by atoms with Crippen molar-refractivity contribution in [1.29, 1.82) is 0 Å². The second kappa shape index (κ2) is 8.32. The van der Waals surface area contributed by atoms with Crippen LogP contribution in [0.5, 0.6) is 0 Å². The second-order valence-electron chi connectivity index (χ2n) is 5.73. The lowest BCUT2D eigenvalue weighted by Gasteiger charge is -2.21. The second-order valence-corrected chi connectivity index (χ2v) is 6.29. The number of amides is 1. The molecule has 0 radical (unpaired) electrons. The Kier molecular flexibility index (Phi) is 6.43. The molecule has 4 heteroatoms. The van der Waals surface area contributed by atoms with Gasteiger partial charge in [-0.05, 0) is 36.6 Å². The molecule has 0 heterocycles. The smallest absolute Gasteiger partial charge is 0.224 e. The number of Topliss-reactive ketones (excluding diaryl/α,β-unsaturated/α-hetero) is 1. The number of halogens is 1. The Morgan fingerprint density at radius 2 is 1.76 bits per heavy atom. The number of hydrogen-bond acceptors (Lipinski definition) is 2. The maximum Gasteiger partial charge on any atom is 0.224 e. The minimum Gasteiger partial charge on any atom is -0.326 e. The van der Waals surface area contributed by atoms with Crippen LogP contribution in [-0.2, 0) is 4.79 Å². The number of hydrogen-bond donors (Lipinski definition) is 1. The molecule has 2 rings (SSSR count). The van der Waals surface area contributed by atoms with E-state index < -0.39 is 0 Å². The first-order chi connectivity index (χ1) is 10.2. The van der Waals surface area contributed by atoms with Gasteiger partial charge >= 0.3 is 0 Å². The summed E-state index contributed by atoms with van der Waals surface area (Å²) in [5.74, 6) is 0.841. The van der Waals surface area contributed by atoms with E-state index in [0.717, 1.165) is 18.0 Å². The molecule has 1 amide bonds. The summed E-state index contributed by atoms with van der Waals surface area (Å²) < 4.78 is 0. The van der Waals surface area contributed by atoms with Crippen molar-refractivity contribution in [2.45, 2.75) is 44.9 Å². The summed E-state index contributed by atoms with van der Waals surface area (Å²) in [5.41, 5.74) is 1.42. The van der Waals surface area contributed by atoms with Gasteiger partial charge in [0.15, 0.2) is 5.78 Å². The van der Waals surface area contributed by atoms with Crippen LogP contribution < -0.4 is 5.32 Å². The van der Waals surface area contributed by atoms with Crippen LogP contribution in [-0.4, -0.2) is 17.0 Å². The first-order valence-corrected chi connectivity index (χ1v) is 8.80. The average Bonchev–Trinajstić information content (AvgIpc) is 2.54. The topological polar surface area (TPSA) is 46.2 Å². The summed E-state index contributed by atoms with van der Waals surface area (Å²) in [6.07, 6.45) is 8.11. The van der Waals surface area contributed by atoms with Gasteiger partial charge in [0.05, 0.1) is 5.33 Å². The highest BCUT2D eigenvalue weighted by Gasteiger charge is 2.14. The van der Waals surface area contributed by atoms with Gasteiger partial charge < -0.3 is 5.32 Å². The summed E-state index contributed by atoms with van der Waals surface area (Å²) in [5, 5.41) is 3.22. The van der Waals surface area contributed by atoms with Crippen LogP contribution >= 0.6 is 15.9 Å². The Hall–Kier alpha value is -1.16. The number of anilines is 1. The van der Waals surface area contributed by atoms with Crippen LogP contribution in [0.2, 0.25) is 0 Å². The van der Waals surface area contributed by atoms with Gasteiger partial charge in [-0.1, -0.05) is 48.0 Å². The van der Waals surface area contributed by atoms with E-state index >= 15 is 0 Å². The number of benzene rings is 1. The van der Waals surface area contributed by atoms with Crippen molar-refractivity contribution in [2.75, 3.05) is 10.6 Å². The quantitative estimate of drug-likeness (QED) is 0.602. The van der Waals surface area contributed by atoms with E-state index in [0.29, 0.717) is 17.3 Å². The predicted octanol–water partition coefficient (Wildman–Crippen LogP) is 4.56. The van der Waals surface area contributed by atoms with Gasteiger partial charge in [0.1, 0.15) is 0 Å². The summed E-state index contributed by atoms with van der Waals surface area (Å²) >= 11 is 3.15. The van der Waals surface area contributed by atoms with Crippen molar-refractivity contribution in [2.24, 2.45) is 5.92 Å². The third-order valence-corrected chi connectivity index (χ3v) is 4.63. The highest BCUT2D eigenvalue weighted by molar-refractivity contribution is 9.09. The maximum atomic E-state index is 11.9. The van der Waals surface area contributed by atoms with Gasteiger partial charge in [-0.3, -0.25) is 9.59 Å². The molecule has 1 saturated carbocycles. The fraction of sp³-hybridized carbons (Fsp3) is 0.529. The summed E-state index contributed by atoms with van der Waals surface area (Å²) in [6, 6.07) is 7.07. The molecule has 3 nitrogen and oxygen atoms in total. The van der Waals surface area contributed by atoms with Crippen LogP contribution in [0.3, 0.4) is 0 Å². The molecule has 0 aliphatic heterocycles. The van der Waals surface area contributed by atoms with Crippen LogP contribution in [0, 0.1) is 5.92 Å². The van der Waals surface area contributed by atoms with Gasteiger partial charge in [0.25, 0.3) is 0 Å². The van der Waals surface area contributed by atoms with Gasteiger partial charge in [-0.2, -0.15) is 0 Å². The Morgan fingerprint density at radius 1 is 1.10 bits per heavy atom. The Morgan fingerprint density at radius 3 is 2.38 bits per heavy atom. The van der Waals surface area contributed by atoms with E-state index in [1.54, 1.807) is 24.3 Å². The van der Waals surface area contributed by atoms with E-state index in [9.17, 15) is 9.59 Å². The number of ketones is 1. The largest absolute Gasteiger partial charge is 0.326 e. The van der Waals surface area contributed by atoms with E-state index in [-0.39, 0.29) is 11.7 Å². The van der Waals surface area contributed by atoms with Crippen molar-refractivity contribution < 1.29 is 9.59 Å². The maximum absolute atomic E-state index is 11.9. The lowest BCUT2D eigenvalue weighted by molar-refractivity contribution is -0.116. The molecule has 1 N–H and O–H groups in total. The lowest BCUT2D eigenvalue weighted by atomic mass is 9.86. The van der Waals surface area contributed by atoms with E-state index in [1.807, 2.05) is 0 Å². The summed E-state index contributed by atoms with van der Waals surface area (Å²) in [6.45, 7) is 0. The van der Waals surface area contributed by atoms with Gasteiger partial charge in [-0.15, -0.1) is 0 Å². The zero-order valence-corrected chi connectivity index (χ0v) is 13.8. The first kappa shape index (κ1) is 16.2. The number of rotatable bonds is 6. The molecule has 0 bridgehead atoms. The Bertz CT molecular complexity index is 478. The van der Waals surface area contributed by atoms with Crippen molar-refractivity contribution in [1.82, 2.24) is 0 Å². The molecule has 0 aromatic heterocycles. The standard InChI is InChI=1S/C17H22BrNO2/c18-12-16(20)14-7-9-15(10-8-14)19-17(21)11-6-13-4-2-1-3-5-13/h7-10,13H,1-6,11-12H2,(H,19,21). The lowest BCUT2D eigenvalue weighted by Crippen LogP contribution is -2.15. The van der Waals surface area contributed by atoms with Crippen LogP contribution in [0.4, 0.5) is 5.69 Å². The third kappa shape index (κ3) is 5.27. The Labute approximate surface area is 134 Å². The SMILES string of the molecule is O=C(CCC1CCCCC1)Nc1ccc(C(=O)CBr)cc1. The number of alkyl halides is 1. The minimum atomic E-state index is 0.0465. The molecule has 1 aliphatic rings. The molecule has 0 unspecified atom stereocenters. The number of nitrogens with one attached hydrogen (secondary N) is 1. The van der Waals surface area contributed by atoms with Crippen LogP contribution in [0.1, 0.15) is 55.3 Å².